The normalized spacial score (nSPS) is 11.1. The molecule has 0 bridgehead atoms. The number of carbonyl (C=O) groups excluding carboxylic acids is 1. The van der Waals surface area contributed by atoms with Gasteiger partial charge in [0.15, 0.2) is 10.8 Å². The highest BCUT2D eigenvalue weighted by Crippen LogP contribution is 2.23. The van der Waals surface area contributed by atoms with Gasteiger partial charge in [-0.1, -0.05) is 18.2 Å². The largest absolute Gasteiger partial charge is 0.298 e. The summed E-state index contributed by atoms with van der Waals surface area (Å²) in [6, 6.07) is 8.52. The Hall–Kier alpha value is -3.13. The third kappa shape index (κ3) is 3.43. The molecule has 3 heterocycles. The molecule has 0 saturated heterocycles. The summed E-state index contributed by atoms with van der Waals surface area (Å²) in [6.45, 7) is 3.78. The smallest absolute Gasteiger partial charge is 0.262 e. The molecule has 4 rings (SSSR count). The molecule has 27 heavy (non-hydrogen) atoms. The molecule has 0 spiro atoms. The van der Waals surface area contributed by atoms with Crippen molar-refractivity contribution in [1.29, 1.82) is 0 Å². The van der Waals surface area contributed by atoms with Gasteiger partial charge in [-0.3, -0.25) is 10.1 Å². The van der Waals surface area contributed by atoms with Gasteiger partial charge in [-0.25, -0.2) is 18.9 Å². The number of fused-ring (bicyclic) bond motifs is 1. The molecule has 1 N–H and O–H groups in total. The number of rotatable bonds is 4. The number of aryl methyl sites for hydroxylation is 2. The van der Waals surface area contributed by atoms with Crippen LogP contribution in [-0.4, -0.2) is 25.5 Å². The van der Waals surface area contributed by atoms with Gasteiger partial charge in [-0.05, 0) is 31.5 Å². The Kier molecular flexibility index (Phi) is 4.41. The van der Waals surface area contributed by atoms with Crippen LogP contribution in [0.25, 0.3) is 5.65 Å². The Morgan fingerprint density at radius 2 is 2.07 bits per heavy atom. The molecule has 0 fully saturated rings. The van der Waals surface area contributed by atoms with E-state index in [2.05, 4.69) is 20.4 Å². The molecule has 0 aliphatic rings. The van der Waals surface area contributed by atoms with Crippen LogP contribution in [0.3, 0.4) is 0 Å². The highest BCUT2D eigenvalue weighted by molar-refractivity contribution is 7.15. The molecule has 4 aromatic rings. The predicted octanol–water partition coefficient (Wildman–Crippen LogP) is 3.78. The van der Waals surface area contributed by atoms with E-state index in [1.165, 1.54) is 23.6 Å². The van der Waals surface area contributed by atoms with Crippen molar-refractivity contribution in [2.75, 3.05) is 5.32 Å². The second-order valence-electron chi connectivity index (χ2n) is 6.19. The molecule has 0 aliphatic heterocycles. The van der Waals surface area contributed by atoms with Gasteiger partial charge in [0.05, 0.1) is 6.20 Å². The van der Waals surface area contributed by atoms with Crippen LogP contribution in [0, 0.1) is 19.7 Å². The summed E-state index contributed by atoms with van der Waals surface area (Å²) in [4.78, 5) is 22.1. The lowest BCUT2D eigenvalue weighted by Crippen LogP contribution is -2.12. The van der Waals surface area contributed by atoms with Crippen LogP contribution in [0.15, 0.2) is 42.7 Å². The first-order chi connectivity index (χ1) is 13.0. The van der Waals surface area contributed by atoms with Gasteiger partial charge >= 0.3 is 0 Å². The quantitative estimate of drug-likeness (QED) is 0.584. The highest BCUT2D eigenvalue weighted by Gasteiger charge is 2.17. The fraction of sp³-hybridized carbons (Fsp3) is 0.158. The maximum atomic E-state index is 13.8. The van der Waals surface area contributed by atoms with E-state index in [9.17, 15) is 9.18 Å². The van der Waals surface area contributed by atoms with Crippen LogP contribution in [0.5, 0.6) is 0 Å². The number of thiazole rings is 1. The van der Waals surface area contributed by atoms with Gasteiger partial charge in [0.2, 0.25) is 0 Å². The Morgan fingerprint density at radius 3 is 2.89 bits per heavy atom. The van der Waals surface area contributed by atoms with Crippen molar-refractivity contribution in [2.45, 2.75) is 20.3 Å². The van der Waals surface area contributed by atoms with Crippen molar-refractivity contribution in [3.8, 4) is 0 Å². The Bertz CT molecular complexity index is 1150. The summed E-state index contributed by atoms with van der Waals surface area (Å²) in [5.74, 6) is -0.575. The molecular formula is C19H16FN5OS. The van der Waals surface area contributed by atoms with Crippen LogP contribution < -0.4 is 5.32 Å². The van der Waals surface area contributed by atoms with Crippen molar-refractivity contribution >= 4 is 28.0 Å². The number of hydrogen-bond donors (Lipinski definition) is 1. The molecule has 0 unspecified atom stereocenters. The third-order valence-corrected chi connectivity index (χ3v) is 5.03. The van der Waals surface area contributed by atoms with E-state index in [1.807, 2.05) is 19.9 Å². The number of nitrogens with one attached hydrogen (secondary N) is 1. The van der Waals surface area contributed by atoms with Crippen LogP contribution in [0.1, 0.15) is 32.2 Å². The lowest BCUT2D eigenvalue weighted by Gasteiger charge is -2.03. The van der Waals surface area contributed by atoms with Crippen LogP contribution in [-0.2, 0) is 6.42 Å². The summed E-state index contributed by atoms with van der Waals surface area (Å²) in [7, 11) is 0. The molecule has 1 amide bonds. The maximum Gasteiger partial charge on any atom is 0.262 e. The SMILES string of the molecule is Cc1cc(C)n2ncc(C(=O)Nc3ncc(Cc4ccccc4F)s3)c2n1. The second-order valence-corrected chi connectivity index (χ2v) is 7.30. The van der Waals surface area contributed by atoms with E-state index in [0.717, 1.165) is 16.3 Å². The predicted molar refractivity (Wildman–Crippen MR) is 102 cm³/mol. The van der Waals surface area contributed by atoms with Crippen LogP contribution in [0.4, 0.5) is 9.52 Å². The first-order valence-electron chi connectivity index (χ1n) is 8.32. The molecule has 0 aliphatic carbocycles. The maximum absolute atomic E-state index is 13.8. The van der Waals surface area contributed by atoms with Crippen molar-refractivity contribution in [1.82, 2.24) is 19.6 Å². The van der Waals surface area contributed by atoms with Gasteiger partial charge in [-0.15, -0.1) is 11.3 Å². The summed E-state index contributed by atoms with van der Waals surface area (Å²) in [5.41, 5.74) is 3.20. The average Bonchev–Trinajstić information content (AvgIpc) is 3.24. The zero-order valence-electron chi connectivity index (χ0n) is 14.7. The van der Waals surface area contributed by atoms with E-state index < -0.39 is 0 Å². The molecule has 6 nitrogen and oxygen atoms in total. The number of halogens is 1. The summed E-state index contributed by atoms with van der Waals surface area (Å²) in [6.07, 6.45) is 3.57. The molecule has 8 heteroatoms. The van der Waals surface area contributed by atoms with E-state index in [-0.39, 0.29) is 11.7 Å². The number of hydrogen-bond acceptors (Lipinski definition) is 5. The molecule has 136 valence electrons. The van der Waals surface area contributed by atoms with Gasteiger partial charge in [0.25, 0.3) is 5.91 Å². The molecular weight excluding hydrogens is 365 g/mol. The van der Waals surface area contributed by atoms with E-state index in [1.54, 1.807) is 28.9 Å². The van der Waals surface area contributed by atoms with Crippen molar-refractivity contribution in [3.63, 3.8) is 0 Å². The van der Waals surface area contributed by atoms with Crippen LogP contribution >= 0.6 is 11.3 Å². The zero-order chi connectivity index (χ0) is 19.0. The number of anilines is 1. The van der Waals surface area contributed by atoms with E-state index in [4.69, 9.17) is 0 Å². The Morgan fingerprint density at radius 1 is 1.26 bits per heavy atom. The third-order valence-electron chi connectivity index (χ3n) is 4.12. The first kappa shape index (κ1) is 17.3. The molecule has 3 aromatic heterocycles. The lowest BCUT2D eigenvalue weighted by molar-refractivity contribution is 0.102. The number of amides is 1. The Labute approximate surface area is 158 Å². The minimum atomic E-state index is -0.325. The fourth-order valence-electron chi connectivity index (χ4n) is 2.87. The monoisotopic (exact) mass is 381 g/mol. The van der Waals surface area contributed by atoms with E-state index in [0.29, 0.717) is 28.3 Å². The second kappa shape index (κ2) is 6.88. The number of carbonyl (C=O) groups is 1. The van der Waals surface area contributed by atoms with Gasteiger partial charge in [-0.2, -0.15) is 5.10 Å². The molecule has 0 atom stereocenters. The molecule has 0 radical (unpaired) electrons. The molecule has 1 aromatic carbocycles. The summed E-state index contributed by atoms with van der Waals surface area (Å²) in [5, 5.41) is 7.46. The minimum absolute atomic E-state index is 0.250. The summed E-state index contributed by atoms with van der Waals surface area (Å²) < 4.78 is 15.4. The lowest BCUT2D eigenvalue weighted by atomic mass is 10.1. The Balaban J connectivity index is 1.54. The van der Waals surface area contributed by atoms with Gasteiger partial charge < -0.3 is 0 Å². The van der Waals surface area contributed by atoms with Crippen molar-refractivity contribution in [2.24, 2.45) is 0 Å². The standard InChI is InChI=1S/C19H16FN5OS/c1-11-7-12(2)25-17(23-11)15(10-22-25)18(26)24-19-21-9-14(27-19)8-13-5-3-4-6-16(13)20/h3-7,9-10H,8H2,1-2H3,(H,21,24,26). The van der Waals surface area contributed by atoms with Crippen molar-refractivity contribution < 1.29 is 9.18 Å². The fourth-order valence-corrected chi connectivity index (χ4v) is 3.70. The van der Waals surface area contributed by atoms with Gasteiger partial charge in [0, 0.05) is 28.9 Å². The first-order valence-corrected chi connectivity index (χ1v) is 9.14. The zero-order valence-corrected chi connectivity index (χ0v) is 15.5. The number of nitrogens with zero attached hydrogens (tertiary/aromatic N) is 4. The minimum Gasteiger partial charge on any atom is -0.298 e. The van der Waals surface area contributed by atoms with Gasteiger partial charge in [0.1, 0.15) is 11.4 Å². The number of benzene rings is 1. The number of aromatic nitrogens is 4. The summed E-state index contributed by atoms with van der Waals surface area (Å²) >= 11 is 1.32. The van der Waals surface area contributed by atoms with Crippen molar-refractivity contribution in [3.05, 3.63) is 75.9 Å². The molecule has 0 saturated carbocycles. The van der Waals surface area contributed by atoms with E-state index >= 15 is 0 Å². The average molecular weight is 381 g/mol. The van der Waals surface area contributed by atoms with Crippen LogP contribution in [0.2, 0.25) is 0 Å². The highest BCUT2D eigenvalue weighted by atomic mass is 32.1. The topological polar surface area (TPSA) is 72.2 Å².